The van der Waals surface area contributed by atoms with Gasteiger partial charge in [-0.1, -0.05) is 18.2 Å². The summed E-state index contributed by atoms with van der Waals surface area (Å²) in [7, 11) is 0. The van der Waals surface area contributed by atoms with Crippen LogP contribution in [0.1, 0.15) is 17.9 Å². The molecule has 0 aliphatic carbocycles. The predicted molar refractivity (Wildman–Crippen MR) is 68.8 cm³/mol. The zero-order valence-electron chi connectivity index (χ0n) is 10.1. The number of para-hydroxylation sites is 1. The van der Waals surface area contributed by atoms with E-state index in [1.165, 1.54) is 5.56 Å². The molecule has 4 rings (SSSR count). The van der Waals surface area contributed by atoms with E-state index in [4.69, 9.17) is 4.42 Å². The van der Waals surface area contributed by atoms with E-state index in [2.05, 4.69) is 11.1 Å². The highest BCUT2D eigenvalue weighted by molar-refractivity contribution is 6.02. The van der Waals surface area contributed by atoms with Crippen molar-refractivity contribution in [3.63, 3.8) is 0 Å². The molecule has 0 amide bonds. The Labute approximate surface area is 103 Å². The van der Waals surface area contributed by atoms with Gasteiger partial charge >= 0.3 is 0 Å². The van der Waals surface area contributed by atoms with Crippen LogP contribution in [0.15, 0.2) is 27.4 Å². The number of nitrogens with zero attached hydrogens (tertiary/aromatic N) is 2. The van der Waals surface area contributed by atoms with E-state index in [-0.39, 0.29) is 5.56 Å². The molecule has 2 aromatic heterocycles. The van der Waals surface area contributed by atoms with Crippen LogP contribution < -0.4 is 5.56 Å². The Morgan fingerprint density at radius 1 is 1.39 bits per heavy atom. The van der Waals surface area contributed by atoms with Gasteiger partial charge in [0.2, 0.25) is 5.58 Å². The third-order valence-corrected chi connectivity index (χ3v) is 3.65. The number of aromatic nitrogens is 2. The SMILES string of the molecule is Cc1nc2c(o1)c(=O)n1c3c(cccc23)CCC1. The van der Waals surface area contributed by atoms with Crippen LogP contribution in [0.25, 0.3) is 22.0 Å². The molecule has 0 fully saturated rings. The molecule has 0 bridgehead atoms. The van der Waals surface area contributed by atoms with Gasteiger partial charge in [-0.2, -0.15) is 0 Å². The molecular formula is C14H12N2O2. The minimum atomic E-state index is -0.0507. The van der Waals surface area contributed by atoms with E-state index >= 15 is 0 Å². The third kappa shape index (κ3) is 1.10. The highest BCUT2D eigenvalue weighted by atomic mass is 16.4. The molecule has 3 heterocycles. The van der Waals surface area contributed by atoms with Crippen LogP contribution in [0.4, 0.5) is 0 Å². The molecule has 0 saturated heterocycles. The van der Waals surface area contributed by atoms with Gasteiger partial charge in [-0.25, -0.2) is 4.98 Å². The second-order valence-corrected chi connectivity index (χ2v) is 4.78. The van der Waals surface area contributed by atoms with Crippen molar-refractivity contribution in [1.29, 1.82) is 0 Å². The van der Waals surface area contributed by atoms with Gasteiger partial charge in [0.05, 0.1) is 5.52 Å². The first-order chi connectivity index (χ1) is 8.75. The molecule has 18 heavy (non-hydrogen) atoms. The Morgan fingerprint density at radius 2 is 2.28 bits per heavy atom. The fourth-order valence-corrected chi connectivity index (χ4v) is 2.92. The topological polar surface area (TPSA) is 48.0 Å². The molecule has 1 aliphatic rings. The van der Waals surface area contributed by atoms with Crippen molar-refractivity contribution in [2.45, 2.75) is 26.3 Å². The van der Waals surface area contributed by atoms with Crippen molar-refractivity contribution >= 4 is 22.0 Å². The Hall–Kier alpha value is -2.10. The molecule has 0 saturated carbocycles. The zero-order chi connectivity index (χ0) is 12.3. The van der Waals surface area contributed by atoms with E-state index in [9.17, 15) is 4.79 Å². The summed E-state index contributed by atoms with van der Waals surface area (Å²) in [6.45, 7) is 2.54. The summed E-state index contributed by atoms with van der Waals surface area (Å²) in [5, 5.41) is 1.03. The number of oxazole rings is 1. The van der Waals surface area contributed by atoms with Gasteiger partial charge in [0.15, 0.2) is 5.89 Å². The van der Waals surface area contributed by atoms with Gasteiger partial charge in [0.1, 0.15) is 5.52 Å². The highest BCUT2D eigenvalue weighted by Gasteiger charge is 2.20. The van der Waals surface area contributed by atoms with E-state index < -0.39 is 0 Å². The number of pyridine rings is 1. The first-order valence-corrected chi connectivity index (χ1v) is 6.17. The molecule has 0 spiro atoms. The molecule has 0 atom stereocenters. The number of fused-ring (bicyclic) bond motifs is 2. The fourth-order valence-electron chi connectivity index (χ4n) is 2.92. The second kappa shape index (κ2) is 3.22. The lowest BCUT2D eigenvalue weighted by molar-refractivity contribution is 0.546. The number of rotatable bonds is 0. The summed E-state index contributed by atoms with van der Waals surface area (Å²) in [6, 6.07) is 6.14. The molecule has 0 N–H and O–H groups in total. The lowest BCUT2D eigenvalue weighted by atomic mass is 10.0. The number of aryl methyl sites for hydroxylation is 3. The van der Waals surface area contributed by atoms with E-state index in [1.54, 1.807) is 6.92 Å². The summed E-state index contributed by atoms with van der Waals surface area (Å²) in [5.41, 5.74) is 3.31. The second-order valence-electron chi connectivity index (χ2n) is 4.78. The van der Waals surface area contributed by atoms with Crippen molar-refractivity contribution in [3.8, 4) is 0 Å². The van der Waals surface area contributed by atoms with E-state index in [1.807, 2.05) is 16.7 Å². The van der Waals surface area contributed by atoms with Crippen molar-refractivity contribution in [2.24, 2.45) is 0 Å². The highest BCUT2D eigenvalue weighted by Crippen LogP contribution is 2.28. The van der Waals surface area contributed by atoms with Crippen LogP contribution in [0.3, 0.4) is 0 Å². The average molecular weight is 240 g/mol. The molecule has 1 aromatic carbocycles. The maximum absolute atomic E-state index is 12.4. The lowest BCUT2D eigenvalue weighted by Crippen LogP contribution is -2.24. The summed E-state index contributed by atoms with van der Waals surface area (Å²) in [5.74, 6) is 0.547. The van der Waals surface area contributed by atoms with Gasteiger partial charge in [-0.3, -0.25) is 4.79 Å². The van der Waals surface area contributed by atoms with Crippen LogP contribution in [0.5, 0.6) is 0 Å². The molecule has 3 aromatic rings. The van der Waals surface area contributed by atoms with Crippen LogP contribution in [-0.4, -0.2) is 9.55 Å². The standard InChI is InChI=1S/C14H12N2O2/c1-8-15-11-10-6-2-4-9-5-3-7-16(12(9)10)14(17)13(11)18-8/h2,4,6H,3,5,7H2,1H3. The molecule has 1 aliphatic heterocycles. The third-order valence-electron chi connectivity index (χ3n) is 3.65. The van der Waals surface area contributed by atoms with Crippen LogP contribution >= 0.6 is 0 Å². The van der Waals surface area contributed by atoms with Crippen molar-refractivity contribution < 1.29 is 4.42 Å². The molecule has 4 nitrogen and oxygen atoms in total. The largest absolute Gasteiger partial charge is 0.435 e. The molecule has 90 valence electrons. The lowest BCUT2D eigenvalue weighted by Gasteiger charge is -2.18. The van der Waals surface area contributed by atoms with E-state index in [0.29, 0.717) is 17.0 Å². The fraction of sp³-hybridized carbons (Fsp3) is 0.286. The summed E-state index contributed by atoms with van der Waals surface area (Å²) in [6.07, 6.45) is 2.03. The van der Waals surface area contributed by atoms with Crippen LogP contribution in [-0.2, 0) is 13.0 Å². The quantitative estimate of drug-likeness (QED) is 0.606. The van der Waals surface area contributed by atoms with Crippen molar-refractivity contribution in [1.82, 2.24) is 9.55 Å². The van der Waals surface area contributed by atoms with Crippen LogP contribution in [0.2, 0.25) is 0 Å². The minimum Gasteiger partial charge on any atom is -0.435 e. The zero-order valence-corrected chi connectivity index (χ0v) is 10.1. The van der Waals surface area contributed by atoms with E-state index in [0.717, 1.165) is 30.3 Å². The van der Waals surface area contributed by atoms with Gasteiger partial charge in [-0.15, -0.1) is 0 Å². The van der Waals surface area contributed by atoms with Gasteiger partial charge in [0, 0.05) is 18.9 Å². The van der Waals surface area contributed by atoms with Crippen LogP contribution in [0, 0.1) is 6.92 Å². The van der Waals surface area contributed by atoms with Gasteiger partial charge in [-0.05, 0) is 18.4 Å². The summed E-state index contributed by atoms with van der Waals surface area (Å²) < 4.78 is 7.30. The Bertz CT molecular complexity index is 842. The normalized spacial score (nSPS) is 14.5. The molecular weight excluding hydrogens is 228 g/mol. The van der Waals surface area contributed by atoms with Gasteiger partial charge in [0.25, 0.3) is 5.56 Å². The average Bonchev–Trinajstić information content (AvgIpc) is 2.78. The number of hydrogen-bond acceptors (Lipinski definition) is 3. The summed E-state index contributed by atoms with van der Waals surface area (Å²) in [4.78, 5) is 16.8. The molecule has 0 radical (unpaired) electrons. The molecule has 0 unspecified atom stereocenters. The predicted octanol–water partition coefficient (Wildman–Crippen LogP) is 2.40. The first kappa shape index (κ1) is 9.88. The number of benzene rings is 1. The minimum absolute atomic E-state index is 0.0507. The Morgan fingerprint density at radius 3 is 3.17 bits per heavy atom. The maximum atomic E-state index is 12.4. The monoisotopic (exact) mass is 240 g/mol. The summed E-state index contributed by atoms with van der Waals surface area (Å²) >= 11 is 0. The number of hydrogen-bond donors (Lipinski definition) is 0. The molecule has 4 heteroatoms. The van der Waals surface area contributed by atoms with Crippen molar-refractivity contribution in [2.75, 3.05) is 0 Å². The first-order valence-electron chi connectivity index (χ1n) is 6.17. The maximum Gasteiger partial charge on any atom is 0.296 e. The Kier molecular flexibility index (Phi) is 1.77. The van der Waals surface area contributed by atoms with Crippen molar-refractivity contribution in [3.05, 3.63) is 40.0 Å². The smallest absolute Gasteiger partial charge is 0.296 e. The Balaban J connectivity index is 2.38. The van der Waals surface area contributed by atoms with Gasteiger partial charge < -0.3 is 8.98 Å².